The molecular formula is C19H28ClIN4O. The second-order valence-electron chi connectivity index (χ2n) is 7.00. The Morgan fingerprint density at radius 1 is 1.27 bits per heavy atom. The number of hydrogen-bond donors (Lipinski definition) is 2. The van der Waals surface area contributed by atoms with Gasteiger partial charge in [-0.15, -0.1) is 24.0 Å². The first kappa shape index (κ1) is 21.3. The summed E-state index contributed by atoms with van der Waals surface area (Å²) in [6.45, 7) is 6.20. The average Bonchev–Trinajstić information content (AvgIpc) is 3.04. The van der Waals surface area contributed by atoms with Crippen LogP contribution in [0.3, 0.4) is 0 Å². The molecule has 144 valence electrons. The number of carbonyl (C=O) groups is 1. The zero-order valence-corrected chi connectivity index (χ0v) is 18.3. The number of nitrogens with one attached hydrogen (secondary N) is 2. The number of halogens is 2. The molecular weight excluding hydrogens is 463 g/mol. The van der Waals surface area contributed by atoms with Crippen molar-refractivity contribution in [2.45, 2.75) is 32.6 Å². The molecule has 5 nitrogen and oxygen atoms in total. The lowest BCUT2D eigenvalue weighted by atomic mass is 9.68. The largest absolute Gasteiger partial charge is 0.357 e. The van der Waals surface area contributed by atoms with Crippen molar-refractivity contribution in [3.63, 3.8) is 0 Å². The fraction of sp³-hybridized carbons (Fsp3) is 0.579. The standard InChI is InChI=1S/C19H27ClN4O.HI/c1-2-21-18(24-13-10-19(14-24)8-5-9-19)23-12-11-22-17(25)15-6-3-4-7-16(15)20;/h3-4,6-7H,2,5,8-14H2,1H3,(H,21,23)(H,22,25);1H. The van der Waals surface area contributed by atoms with Gasteiger partial charge in [0.2, 0.25) is 0 Å². The van der Waals surface area contributed by atoms with E-state index in [-0.39, 0.29) is 29.9 Å². The Labute approximate surface area is 178 Å². The summed E-state index contributed by atoms with van der Waals surface area (Å²) in [6, 6.07) is 7.08. The van der Waals surface area contributed by atoms with Crippen LogP contribution in [0.4, 0.5) is 0 Å². The van der Waals surface area contributed by atoms with E-state index in [1.165, 1.54) is 25.7 Å². The zero-order valence-electron chi connectivity index (χ0n) is 15.3. The summed E-state index contributed by atoms with van der Waals surface area (Å²) in [7, 11) is 0. The zero-order chi connectivity index (χ0) is 17.7. The van der Waals surface area contributed by atoms with Gasteiger partial charge in [-0.3, -0.25) is 9.79 Å². The lowest BCUT2D eigenvalue weighted by molar-refractivity contribution is 0.0955. The third kappa shape index (κ3) is 5.03. The van der Waals surface area contributed by atoms with Crippen LogP contribution in [0, 0.1) is 5.41 Å². The summed E-state index contributed by atoms with van der Waals surface area (Å²) in [5.41, 5.74) is 1.06. The third-order valence-electron chi connectivity index (χ3n) is 5.26. The lowest BCUT2D eigenvalue weighted by Crippen LogP contribution is -2.43. The molecule has 0 atom stereocenters. The molecule has 0 unspecified atom stereocenters. The summed E-state index contributed by atoms with van der Waals surface area (Å²) in [4.78, 5) is 19.2. The van der Waals surface area contributed by atoms with Crippen molar-refractivity contribution in [3.8, 4) is 0 Å². The van der Waals surface area contributed by atoms with Gasteiger partial charge in [0.05, 0.1) is 17.1 Å². The van der Waals surface area contributed by atoms with Crippen LogP contribution in [0.5, 0.6) is 0 Å². The number of benzene rings is 1. The minimum absolute atomic E-state index is 0. The highest BCUT2D eigenvalue weighted by Crippen LogP contribution is 2.47. The predicted molar refractivity (Wildman–Crippen MR) is 118 cm³/mol. The van der Waals surface area contributed by atoms with E-state index in [0.717, 1.165) is 25.6 Å². The Balaban J connectivity index is 0.00000243. The summed E-state index contributed by atoms with van der Waals surface area (Å²) < 4.78 is 0. The fourth-order valence-electron chi connectivity index (χ4n) is 3.70. The van der Waals surface area contributed by atoms with E-state index in [2.05, 4.69) is 22.5 Å². The van der Waals surface area contributed by atoms with Crippen LogP contribution in [0.2, 0.25) is 5.02 Å². The van der Waals surface area contributed by atoms with Gasteiger partial charge < -0.3 is 15.5 Å². The van der Waals surface area contributed by atoms with E-state index in [1.54, 1.807) is 12.1 Å². The van der Waals surface area contributed by atoms with E-state index in [1.807, 2.05) is 12.1 Å². The summed E-state index contributed by atoms with van der Waals surface area (Å²) in [5.74, 6) is 0.818. The smallest absolute Gasteiger partial charge is 0.252 e. The fourth-order valence-corrected chi connectivity index (χ4v) is 3.92. The van der Waals surface area contributed by atoms with Gasteiger partial charge >= 0.3 is 0 Å². The number of amides is 1. The maximum Gasteiger partial charge on any atom is 0.252 e. The van der Waals surface area contributed by atoms with Gasteiger partial charge in [-0.2, -0.15) is 0 Å². The average molecular weight is 491 g/mol. The quantitative estimate of drug-likeness (QED) is 0.287. The number of hydrogen-bond acceptors (Lipinski definition) is 2. The van der Waals surface area contributed by atoms with Gasteiger partial charge in [0.25, 0.3) is 5.91 Å². The topological polar surface area (TPSA) is 56.7 Å². The first-order valence-corrected chi connectivity index (χ1v) is 9.57. The summed E-state index contributed by atoms with van der Waals surface area (Å²) in [6.07, 6.45) is 5.36. The molecule has 1 saturated heterocycles. The van der Waals surface area contributed by atoms with Gasteiger partial charge in [-0.05, 0) is 43.7 Å². The molecule has 1 spiro atoms. The van der Waals surface area contributed by atoms with Crippen LogP contribution in [-0.2, 0) is 0 Å². The SMILES string of the molecule is CCNC(=NCCNC(=O)c1ccccc1Cl)N1CCC2(CCC2)C1.I. The molecule has 1 aromatic carbocycles. The monoisotopic (exact) mass is 490 g/mol. The second-order valence-corrected chi connectivity index (χ2v) is 7.40. The van der Waals surface area contributed by atoms with Crippen LogP contribution < -0.4 is 10.6 Å². The molecule has 7 heteroatoms. The minimum Gasteiger partial charge on any atom is -0.357 e. The molecule has 2 aliphatic rings. The molecule has 2 N–H and O–H groups in total. The molecule has 1 aromatic rings. The van der Waals surface area contributed by atoms with Crippen molar-refractivity contribution in [3.05, 3.63) is 34.9 Å². The number of nitrogens with zero attached hydrogens (tertiary/aromatic N) is 2. The molecule has 0 aromatic heterocycles. The molecule has 0 radical (unpaired) electrons. The Kier molecular flexibility index (Phi) is 8.01. The molecule has 0 bridgehead atoms. The van der Waals surface area contributed by atoms with Gasteiger partial charge in [0.1, 0.15) is 0 Å². The first-order chi connectivity index (χ1) is 12.1. The number of aliphatic imine (C=N–C) groups is 1. The van der Waals surface area contributed by atoms with E-state index < -0.39 is 0 Å². The van der Waals surface area contributed by atoms with Crippen molar-refractivity contribution in [1.29, 1.82) is 0 Å². The summed E-state index contributed by atoms with van der Waals surface area (Å²) >= 11 is 6.05. The molecule has 1 aliphatic carbocycles. The highest BCUT2D eigenvalue weighted by atomic mass is 127. The molecule has 26 heavy (non-hydrogen) atoms. The Morgan fingerprint density at radius 3 is 2.65 bits per heavy atom. The first-order valence-electron chi connectivity index (χ1n) is 9.19. The Hall–Kier alpha value is -1.02. The molecule has 1 amide bonds. The number of guanidine groups is 1. The molecule has 1 heterocycles. The van der Waals surface area contributed by atoms with Crippen molar-refractivity contribution in [1.82, 2.24) is 15.5 Å². The molecule has 1 saturated carbocycles. The minimum atomic E-state index is -0.152. The molecule has 1 aliphatic heterocycles. The molecule has 3 rings (SSSR count). The normalized spacial score (nSPS) is 18.2. The number of likely N-dealkylation sites (tertiary alicyclic amines) is 1. The van der Waals surface area contributed by atoms with Crippen molar-refractivity contribution < 1.29 is 4.79 Å². The van der Waals surface area contributed by atoms with Crippen molar-refractivity contribution in [2.24, 2.45) is 10.4 Å². The van der Waals surface area contributed by atoms with E-state index in [0.29, 0.717) is 29.1 Å². The second kappa shape index (κ2) is 9.78. The number of rotatable bonds is 5. The summed E-state index contributed by atoms with van der Waals surface area (Å²) in [5, 5.41) is 6.74. The highest BCUT2D eigenvalue weighted by molar-refractivity contribution is 14.0. The predicted octanol–water partition coefficient (Wildman–Crippen LogP) is 3.53. The maximum absolute atomic E-state index is 12.2. The van der Waals surface area contributed by atoms with Crippen molar-refractivity contribution >= 4 is 47.4 Å². The van der Waals surface area contributed by atoms with E-state index in [9.17, 15) is 4.79 Å². The third-order valence-corrected chi connectivity index (χ3v) is 5.59. The lowest BCUT2D eigenvalue weighted by Gasteiger charge is -2.38. The Bertz CT molecular complexity index is 648. The van der Waals surface area contributed by atoms with Crippen molar-refractivity contribution in [2.75, 3.05) is 32.7 Å². The van der Waals surface area contributed by atoms with Gasteiger partial charge in [-0.1, -0.05) is 30.2 Å². The van der Waals surface area contributed by atoms with Gasteiger partial charge in [0.15, 0.2) is 5.96 Å². The van der Waals surface area contributed by atoms with Crippen LogP contribution >= 0.6 is 35.6 Å². The van der Waals surface area contributed by atoms with Crippen LogP contribution in [-0.4, -0.2) is 49.5 Å². The van der Waals surface area contributed by atoms with E-state index in [4.69, 9.17) is 16.6 Å². The van der Waals surface area contributed by atoms with Crippen LogP contribution in [0.1, 0.15) is 43.0 Å². The van der Waals surface area contributed by atoms with Gasteiger partial charge in [0, 0.05) is 26.2 Å². The molecule has 2 fully saturated rings. The van der Waals surface area contributed by atoms with E-state index >= 15 is 0 Å². The van der Waals surface area contributed by atoms with Crippen LogP contribution in [0.25, 0.3) is 0 Å². The highest BCUT2D eigenvalue weighted by Gasteiger charge is 2.43. The Morgan fingerprint density at radius 2 is 2.04 bits per heavy atom. The number of carbonyl (C=O) groups excluding carboxylic acids is 1. The van der Waals surface area contributed by atoms with Gasteiger partial charge in [-0.25, -0.2) is 0 Å². The van der Waals surface area contributed by atoms with Crippen LogP contribution in [0.15, 0.2) is 29.3 Å². The maximum atomic E-state index is 12.2.